The molecule has 0 fully saturated rings. The van der Waals surface area contributed by atoms with Gasteiger partial charge in [-0.05, 0) is 13.0 Å². The van der Waals surface area contributed by atoms with Crippen molar-refractivity contribution in [2.45, 2.75) is 19.1 Å². The number of aliphatic hydroxyl groups excluding tert-OH is 1. The summed E-state index contributed by atoms with van der Waals surface area (Å²) >= 11 is 0. The van der Waals surface area contributed by atoms with Crippen LogP contribution in [0.4, 0.5) is 0 Å². The van der Waals surface area contributed by atoms with Crippen molar-refractivity contribution in [1.82, 2.24) is 0 Å². The third-order valence-electron chi connectivity index (χ3n) is 2.20. The summed E-state index contributed by atoms with van der Waals surface area (Å²) < 4.78 is 10.3. The van der Waals surface area contributed by atoms with Crippen molar-refractivity contribution in [1.29, 1.82) is 0 Å². The third-order valence-corrected chi connectivity index (χ3v) is 2.20. The number of benzene rings is 1. The Morgan fingerprint density at radius 3 is 2.62 bits per heavy atom. The zero-order chi connectivity index (χ0) is 12.0. The highest BCUT2D eigenvalue weighted by molar-refractivity contribution is 5.35. The topological polar surface area (TPSA) is 64.7 Å². The molecule has 0 aliphatic rings. The Balaban J connectivity index is 2.59. The van der Waals surface area contributed by atoms with Gasteiger partial charge in [0.25, 0.3) is 0 Å². The number of para-hydroxylation sites is 1. The molecule has 0 bridgehead atoms. The zero-order valence-corrected chi connectivity index (χ0v) is 9.72. The molecule has 0 aliphatic heterocycles. The summed E-state index contributed by atoms with van der Waals surface area (Å²) in [5.41, 5.74) is 6.75. The molecule has 0 heterocycles. The maximum absolute atomic E-state index is 9.46. The molecule has 1 aromatic rings. The van der Waals surface area contributed by atoms with E-state index in [1.807, 2.05) is 31.2 Å². The Labute approximate surface area is 96.0 Å². The van der Waals surface area contributed by atoms with Crippen LogP contribution in [-0.4, -0.2) is 31.5 Å². The normalized spacial score (nSPS) is 14.5. The Hall–Kier alpha value is -1.10. The zero-order valence-electron chi connectivity index (χ0n) is 9.72. The van der Waals surface area contributed by atoms with Crippen LogP contribution < -0.4 is 10.5 Å². The van der Waals surface area contributed by atoms with Gasteiger partial charge < -0.3 is 20.3 Å². The van der Waals surface area contributed by atoms with Crippen molar-refractivity contribution < 1.29 is 14.6 Å². The van der Waals surface area contributed by atoms with E-state index in [-0.39, 0.29) is 19.3 Å². The highest BCUT2D eigenvalue weighted by atomic mass is 16.5. The third kappa shape index (κ3) is 3.81. The van der Waals surface area contributed by atoms with Crippen LogP contribution in [0, 0.1) is 0 Å². The molecule has 2 atom stereocenters. The monoisotopic (exact) mass is 225 g/mol. The second-order valence-corrected chi connectivity index (χ2v) is 3.75. The quantitative estimate of drug-likeness (QED) is 0.760. The lowest BCUT2D eigenvalue weighted by Crippen LogP contribution is -2.23. The number of aliphatic hydroxyl groups is 1. The van der Waals surface area contributed by atoms with Gasteiger partial charge in [0.1, 0.15) is 18.5 Å². The average molecular weight is 225 g/mol. The van der Waals surface area contributed by atoms with E-state index in [1.165, 1.54) is 0 Å². The lowest BCUT2D eigenvalue weighted by atomic mass is 10.1. The van der Waals surface area contributed by atoms with Gasteiger partial charge in [-0.15, -0.1) is 0 Å². The molecule has 4 nitrogen and oxygen atoms in total. The van der Waals surface area contributed by atoms with E-state index in [0.29, 0.717) is 5.75 Å². The molecule has 16 heavy (non-hydrogen) atoms. The summed E-state index contributed by atoms with van der Waals surface area (Å²) in [6.45, 7) is 2.37. The molecular weight excluding hydrogens is 206 g/mol. The fourth-order valence-electron chi connectivity index (χ4n) is 1.41. The van der Waals surface area contributed by atoms with Gasteiger partial charge in [-0.2, -0.15) is 0 Å². The number of methoxy groups -OCH3 is 1. The summed E-state index contributed by atoms with van der Waals surface area (Å²) in [5, 5.41) is 9.46. The summed E-state index contributed by atoms with van der Waals surface area (Å²) in [4.78, 5) is 0. The van der Waals surface area contributed by atoms with E-state index in [9.17, 15) is 5.11 Å². The van der Waals surface area contributed by atoms with E-state index >= 15 is 0 Å². The first-order valence-electron chi connectivity index (χ1n) is 5.29. The molecule has 0 radical (unpaired) electrons. The molecule has 90 valence electrons. The Bertz CT molecular complexity index is 315. The van der Waals surface area contributed by atoms with Crippen molar-refractivity contribution in [3.8, 4) is 5.75 Å². The van der Waals surface area contributed by atoms with E-state index in [2.05, 4.69) is 0 Å². The Morgan fingerprint density at radius 2 is 2.00 bits per heavy atom. The molecular formula is C12H19NO3. The largest absolute Gasteiger partial charge is 0.490 e. The molecule has 1 unspecified atom stereocenters. The van der Waals surface area contributed by atoms with E-state index in [1.54, 1.807) is 7.11 Å². The molecule has 0 saturated carbocycles. The number of ether oxygens (including phenoxy) is 2. The van der Waals surface area contributed by atoms with Gasteiger partial charge in [0.15, 0.2) is 0 Å². The minimum Gasteiger partial charge on any atom is -0.490 e. The minimum atomic E-state index is -0.619. The predicted octanol–water partition coefficient (Wildman–Crippen LogP) is 1.09. The van der Waals surface area contributed by atoms with Crippen LogP contribution in [0.1, 0.15) is 18.5 Å². The van der Waals surface area contributed by atoms with Gasteiger partial charge >= 0.3 is 0 Å². The number of nitrogens with two attached hydrogens (primary N) is 1. The van der Waals surface area contributed by atoms with Crippen LogP contribution in [0.2, 0.25) is 0 Å². The number of hydrogen-bond donors (Lipinski definition) is 2. The lowest BCUT2D eigenvalue weighted by Gasteiger charge is -2.16. The predicted molar refractivity (Wildman–Crippen MR) is 62.4 cm³/mol. The van der Waals surface area contributed by atoms with Crippen LogP contribution in [0.5, 0.6) is 5.75 Å². The van der Waals surface area contributed by atoms with Gasteiger partial charge in [-0.3, -0.25) is 0 Å². The van der Waals surface area contributed by atoms with Crippen LogP contribution in [0.15, 0.2) is 24.3 Å². The Kier molecular flexibility index (Phi) is 5.25. The summed E-state index contributed by atoms with van der Waals surface area (Å²) in [5.74, 6) is 0.715. The van der Waals surface area contributed by atoms with Gasteiger partial charge in [0.05, 0.1) is 6.61 Å². The van der Waals surface area contributed by atoms with Crippen molar-refractivity contribution >= 4 is 0 Å². The second kappa shape index (κ2) is 6.48. The number of hydrogen-bond acceptors (Lipinski definition) is 4. The molecule has 1 rings (SSSR count). The maximum atomic E-state index is 9.46. The minimum absolute atomic E-state index is 0.0873. The fraction of sp³-hybridized carbons (Fsp3) is 0.500. The van der Waals surface area contributed by atoms with Crippen LogP contribution in [0.3, 0.4) is 0 Å². The van der Waals surface area contributed by atoms with E-state index < -0.39 is 6.10 Å². The molecule has 3 N–H and O–H groups in total. The van der Waals surface area contributed by atoms with Crippen molar-refractivity contribution in [2.75, 3.05) is 20.3 Å². The maximum Gasteiger partial charge on any atom is 0.124 e. The summed E-state index contributed by atoms with van der Waals surface area (Å²) in [7, 11) is 1.54. The molecule has 0 aliphatic carbocycles. The van der Waals surface area contributed by atoms with Crippen LogP contribution in [-0.2, 0) is 4.74 Å². The standard InChI is InChI=1S/C12H19NO3/c1-9(13)11-5-3-4-6-12(11)16-8-10(14)7-15-2/h3-6,9-10,14H,7-8,13H2,1-2H3/t9-,10?/m1/s1. The molecule has 0 spiro atoms. The smallest absolute Gasteiger partial charge is 0.124 e. The van der Waals surface area contributed by atoms with Gasteiger partial charge in [0, 0.05) is 18.7 Å². The lowest BCUT2D eigenvalue weighted by molar-refractivity contribution is 0.0322. The van der Waals surface area contributed by atoms with Gasteiger partial charge in [0.2, 0.25) is 0 Å². The first kappa shape index (κ1) is 13.0. The van der Waals surface area contributed by atoms with Crippen molar-refractivity contribution in [3.63, 3.8) is 0 Å². The highest BCUT2D eigenvalue weighted by Crippen LogP contribution is 2.23. The first-order valence-corrected chi connectivity index (χ1v) is 5.29. The molecule has 0 aromatic heterocycles. The molecule has 4 heteroatoms. The highest BCUT2D eigenvalue weighted by Gasteiger charge is 2.09. The van der Waals surface area contributed by atoms with Crippen molar-refractivity contribution in [2.24, 2.45) is 5.73 Å². The molecule has 0 saturated heterocycles. The van der Waals surface area contributed by atoms with Gasteiger partial charge in [-0.25, -0.2) is 0 Å². The van der Waals surface area contributed by atoms with Crippen LogP contribution >= 0.6 is 0 Å². The SMILES string of the molecule is COCC(O)COc1ccccc1[C@@H](C)N. The average Bonchev–Trinajstić information content (AvgIpc) is 2.27. The fourth-order valence-corrected chi connectivity index (χ4v) is 1.41. The van der Waals surface area contributed by atoms with Crippen molar-refractivity contribution in [3.05, 3.63) is 29.8 Å². The molecule has 0 amide bonds. The summed E-state index contributed by atoms with van der Waals surface area (Å²) in [6, 6.07) is 7.47. The number of rotatable bonds is 6. The first-order chi connectivity index (χ1) is 7.65. The molecule has 1 aromatic carbocycles. The van der Waals surface area contributed by atoms with Gasteiger partial charge in [-0.1, -0.05) is 18.2 Å². The van der Waals surface area contributed by atoms with Crippen LogP contribution in [0.25, 0.3) is 0 Å². The summed E-state index contributed by atoms with van der Waals surface area (Å²) in [6.07, 6.45) is -0.619. The van der Waals surface area contributed by atoms with E-state index in [4.69, 9.17) is 15.2 Å². The second-order valence-electron chi connectivity index (χ2n) is 3.75. The Morgan fingerprint density at radius 1 is 1.31 bits per heavy atom. The van der Waals surface area contributed by atoms with E-state index in [0.717, 1.165) is 5.56 Å².